The molecule has 2 N–H and O–H groups in total. The molecule has 74 valence electrons. The van der Waals surface area contributed by atoms with E-state index in [2.05, 4.69) is 0 Å². The number of carbonyl (C=O) groups excluding carboxylic acids is 1. The number of nitrogens with two attached hydrogens (primary N) is 1. The van der Waals surface area contributed by atoms with Crippen molar-refractivity contribution in [2.75, 3.05) is 24.3 Å². The van der Waals surface area contributed by atoms with Crippen molar-refractivity contribution in [3.8, 4) is 5.75 Å². The molecule has 14 heavy (non-hydrogen) atoms. The summed E-state index contributed by atoms with van der Waals surface area (Å²) in [5.41, 5.74) is 7.16. The van der Waals surface area contributed by atoms with Crippen molar-refractivity contribution in [3.63, 3.8) is 0 Å². The minimum atomic E-state index is 0.127. The van der Waals surface area contributed by atoms with Crippen LogP contribution in [0, 0.1) is 0 Å². The van der Waals surface area contributed by atoms with Crippen LogP contribution in [0.15, 0.2) is 18.2 Å². The van der Waals surface area contributed by atoms with Gasteiger partial charge in [0.05, 0.1) is 18.5 Å². The van der Waals surface area contributed by atoms with E-state index in [0.717, 1.165) is 12.2 Å². The van der Waals surface area contributed by atoms with Crippen molar-refractivity contribution in [1.29, 1.82) is 0 Å². The van der Waals surface area contributed by atoms with Gasteiger partial charge in [-0.05, 0) is 12.1 Å². The molecule has 4 nitrogen and oxygen atoms in total. The standard InChI is InChI=1S/C10H12N2O2/c1-14-7-2-3-9(8(11)6-7)12-5-4-10(12)13/h2-3,6H,4-5,11H2,1H3. The summed E-state index contributed by atoms with van der Waals surface area (Å²) >= 11 is 0. The number of β-lactam (4-membered cyclic amide) rings is 1. The first-order valence-electron chi connectivity index (χ1n) is 4.46. The fourth-order valence-electron chi connectivity index (χ4n) is 1.48. The van der Waals surface area contributed by atoms with E-state index in [1.807, 2.05) is 6.07 Å². The van der Waals surface area contributed by atoms with Crippen molar-refractivity contribution < 1.29 is 9.53 Å². The molecule has 1 saturated heterocycles. The molecule has 0 radical (unpaired) electrons. The number of hydrogen-bond donors (Lipinski definition) is 1. The molecule has 4 heteroatoms. The Bertz CT molecular complexity index is 376. The van der Waals surface area contributed by atoms with Gasteiger partial charge in [-0.25, -0.2) is 0 Å². The third-order valence-corrected chi connectivity index (χ3v) is 2.38. The molecule has 1 aliphatic heterocycles. The number of rotatable bonds is 2. The third-order valence-electron chi connectivity index (χ3n) is 2.38. The Hall–Kier alpha value is -1.71. The molecule has 0 bridgehead atoms. The van der Waals surface area contributed by atoms with Gasteiger partial charge in [0.2, 0.25) is 5.91 Å². The van der Waals surface area contributed by atoms with Crippen LogP contribution in [0.1, 0.15) is 6.42 Å². The number of anilines is 2. The number of methoxy groups -OCH3 is 1. The second kappa shape index (κ2) is 3.21. The quantitative estimate of drug-likeness (QED) is 0.562. The number of nitrogen functional groups attached to an aromatic ring is 1. The van der Waals surface area contributed by atoms with Crippen LogP contribution < -0.4 is 15.4 Å². The van der Waals surface area contributed by atoms with Crippen molar-refractivity contribution in [2.45, 2.75) is 6.42 Å². The first-order chi connectivity index (χ1) is 6.72. The van der Waals surface area contributed by atoms with Crippen LogP contribution in [0.5, 0.6) is 5.75 Å². The zero-order valence-corrected chi connectivity index (χ0v) is 7.99. The van der Waals surface area contributed by atoms with Crippen LogP contribution in [0.4, 0.5) is 11.4 Å². The predicted molar refractivity (Wildman–Crippen MR) is 54.4 cm³/mol. The number of ether oxygens (including phenoxy) is 1. The highest BCUT2D eigenvalue weighted by atomic mass is 16.5. The van der Waals surface area contributed by atoms with E-state index >= 15 is 0 Å². The maximum atomic E-state index is 11.2. The first kappa shape index (κ1) is 8.87. The highest BCUT2D eigenvalue weighted by molar-refractivity contribution is 6.01. The van der Waals surface area contributed by atoms with Crippen LogP contribution in [0.2, 0.25) is 0 Å². The van der Waals surface area contributed by atoms with E-state index in [9.17, 15) is 4.79 Å². The molecule has 0 unspecified atom stereocenters. The van der Waals surface area contributed by atoms with Gasteiger partial charge in [0, 0.05) is 19.0 Å². The van der Waals surface area contributed by atoms with Crippen molar-refractivity contribution in [3.05, 3.63) is 18.2 Å². The first-order valence-corrected chi connectivity index (χ1v) is 4.46. The lowest BCUT2D eigenvalue weighted by molar-refractivity contribution is -0.122. The molecule has 0 aromatic heterocycles. The largest absolute Gasteiger partial charge is 0.497 e. The summed E-state index contributed by atoms with van der Waals surface area (Å²) in [5.74, 6) is 0.834. The highest BCUT2D eigenvalue weighted by Gasteiger charge is 2.26. The van der Waals surface area contributed by atoms with E-state index in [4.69, 9.17) is 10.5 Å². The fraction of sp³-hybridized carbons (Fsp3) is 0.300. The van der Waals surface area contributed by atoms with Gasteiger partial charge in [0.1, 0.15) is 5.75 Å². The molecule has 2 rings (SSSR count). The summed E-state index contributed by atoms with van der Waals surface area (Å²) in [6, 6.07) is 5.34. The molecule has 1 aliphatic rings. The van der Waals surface area contributed by atoms with Gasteiger partial charge in [-0.1, -0.05) is 0 Å². The topological polar surface area (TPSA) is 55.6 Å². The fourth-order valence-corrected chi connectivity index (χ4v) is 1.48. The van der Waals surface area contributed by atoms with Crippen molar-refractivity contribution in [2.24, 2.45) is 0 Å². The van der Waals surface area contributed by atoms with Crippen LogP contribution in [-0.2, 0) is 4.79 Å². The minimum Gasteiger partial charge on any atom is -0.497 e. The summed E-state index contributed by atoms with van der Waals surface area (Å²) in [4.78, 5) is 12.9. The maximum absolute atomic E-state index is 11.2. The van der Waals surface area contributed by atoms with E-state index in [1.165, 1.54) is 0 Å². The monoisotopic (exact) mass is 192 g/mol. The second-order valence-electron chi connectivity index (χ2n) is 3.22. The molecule has 1 aromatic carbocycles. The predicted octanol–water partition coefficient (Wildman–Crippen LogP) is 1.01. The molecule has 1 aromatic rings. The Labute approximate surface area is 82.3 Å². The molecule has 0 spiro atoms. The summed E-state index contributed by atoms with van der Waals surface area (Å²) in [5, 5.41) is 0. The Balaban J connectivity index is 2.30. The van der Waals surface area contributed by atoms with Gasteiger partial charge in [-0.3, -0.25) is 4.79 Å². The second-order valence-corrected chi connectivity index (χ2v) is 3.22. The van der Waals surface area contributed by atoms with E-state index < -0.39 is 0 Å². The Kier molecular flexibility index (Phi) is 2.04. The number of amides is 1. The summed E-state index contributed by atoms with van der Waals surface area (Å²) in [6.07, 6.45) is 0.617. The molecular formula is C10H12N2O2. The lowest BCUT2D eigenvalue weighted by Crippen LogP contribution is -2.43. The molecule has 0 aliphatic carbocycles. The van der Waals surface area contributed by atoms with Crippen LogP contribution in [-0.4, -0.2) is 19.6 Å². The summed E-state index contributed by atoms with van der Waals surface area (Å²) < 4.78 is 5.02. The molecule has 1 amide bonds. The Morgan fingerprint density at radius 3 is 2.71 bits per heavy atom. The number of carbonyl (C=O) groups is 1. The summed E-state index contributed by atoms with van der Waals surface area (Å²) in [7, 11) is 1.59. The lowest BCUT2D eigenvalue weighted by Gasteiger charge is -2.31. The van der Waals surface area contributed by atoms with Gasteiger partial charge in [-0.2, -0.15) is 0 Å². The molecule has 1 heterocycles. The summed E-state index contributed by atoms with van der Waals surface area (Å²) in [6.45, 7) is 0.759. The van der Waals surface area contributed by atoms with E-state index in [1.54, 1.807) is 24.1 Å². The molecule has 0 saturated carbocycles. The zero-order chi connectivity index (χ0) is 10.1. The van der Waals surface area contributed by atoms with Gasteiger partial charge in [0.15, 0.2) is 0 Å². The Morgan fingerprint density at radius 1 is 1.50 bits per heavy atom. The van der Waals surface area contributed by atoms with Gasteiger partial charge in [-0.15, -0.1) is 0 Å². The average molecular weight is 192 g/mol. The van der Waals surface area contributed by atoms with Crippen LogP contribution in [0.25, 0.3) is 0 Å². The maximum Gasteiger partial charge on any atom is 0.228 e. The SMILES string of the molecule is COc1ccc(N2CCC2=O)c(N)c1. The normalized spacial score (nSPS) is 15.2. The van der Waals surface area contributed by atoms with Gasteiger partial charge >= 0.3 is 0 Å². The molecular weight excluding hydrogens is 180 g/mol. The number of benzene rings is 1. The Morgan fingerprint density at radius 2 is 2.29 bits per heavy atom. The number of nitrogens with zero attached hydrogens (tertiary/aromatic N) is 1. The molecule has 0 atom stereocenters. The highest BCUT2D eigenvalue weighted by Crippen LogP contribution is 2.30. The number of hydrogen-bond acceptors (Lipinski definition) is 3. The third kappa shape index (κ3) is 1.28. The van der Waals surface area contributed by atoms with Gasteiger partial charge < -0.3 is 15.4 Å². The average Bonchev–Trinajstić information content (AvgIpc) is 2.18. The molecule has 1 fully saturated rings. The smallest absolute Gasteiger partial charge is 0.228 e. The lowest BCUT2D eigenvalue weighted by atomic mass is 10.1. The zero-order valence-electron chi connectivity index (χ0n) is 7.99. The van der Waals surface area contributed by atoms with Crippen molar-refractivity contribution >= 4 is 17.3 Å². The van der Waals surface area contributed by atoms with E-state index in [0.29, 0.717) is 17.9 Å². The van der Waals surface area contributed by atoms with Crippen molar-refractivity contribution in [1.82, 2.24) is 0 Å². The van der Waals surface area contributed by atoms with E-state index in [-0.39, 0.29) is 5.91 Å². The van der Waals surface area contributed by atoms with Crippen LogP contribution in [0.3, 0.4) is 0 Å². The van der Waals surface area contributed by atoms with Gasteiger partial charge in [0.25, 0.3) is 0 Å². The minimum absolute atomic E-state index is 0.127. The van der Waals surface area contributed by atoms with Crippen LogP contribution >= 0.6 is 0 Å².